The molecule has 140 valence electrons. The van der Waals surface area contributed by atoms with E-state index in [1.165, 1.54) is 0 Å². The van der Waals surface area contributed by atoms with E-state index < -0.39 is 4.87 Å². The van der Waals surface area contributed by atoms with Crippen molar-refractivity contribution in [1.82, 2.24) is 0 Å². The van der Waals surface area contributed by atoms with E-state index in [0.717, 1.165) is 38.5 Å². The largest absolute Gasteiger partial charge is 0.300 e. The Hall–Kier alpha value is -0.0800. The van der Waals surface area contributed by atoms with Crippen LogP contribution in [0.1, 0.15) is 72.1 Å². The molecule has 25 heavy (non-hydrogen) atoms. The van der Waals surface area contributed by atoms with E-state index in [1.807, 2.05) is 0 Å². The maximum Gasteiger partial charge on any atom is 0.134 e. The van der Waals surface area contributed by atoms with Gasteiger partial charge in [-0.05, 0) is 74.0 Å². The van der Waals surface area contributed by atoms with Crippen LogP contribution >= 0.6 is 23.2 Å². The first kappa shape index (κ1) is 18.3. The molecular weight excluding hydrogens is 355 g/mol. The maximum atomic E-state index is 12.2. The second-order valence-corrected chi connectivity index (χ2v) is 11.1. The van der Waals surface area contributed by atoms with Crippen LogP contribution in [-0.4, -0.2) is 21.8 Å². The Morgan fingerprint density at radius 3 is 2.52 bits per heavy atom. The Morgan fingerprint density at radius 1 is 1.12 bits per heavy atom. The molecule has 4 heteroatoms. The zero-order valence-electron chi connectivity index (χ0n) is 15.6. The third-order valence-corrected chi connectivity index (χ3v) is 10.5. The van der Waals surface area contributed by atoms with Crippen LogP contribution in [0.5, 0.6) is 0 Å². The fourth-order valence-electron chi connectivity index (χ4n) is 7.65. The number of carbonyl (C=O) groups excluding carboxylic acids is 2. The average molecular weight is 385 g/mol. The third kappa shape index (κ3) is 2.29. The van der Waals surface area contributed by atoms with Gasteiger partial charge in [0.05, 0.1) is 10.3 Å². The first-order chi connectivity index (χ1) is 11.6. The third-order valence-electron chi connectivity index (χ3n) is 9.05. The summed E-state index contributed by atoms with van der Waals surface area (Å²) in [5.74, 6) is 2.53. The summed E-state index contributed by atoms with van der Waals surface area (Å²) in [6.07, 6.45) is 7.29. The van der Waals surface area contributed by atoms with Gasteiger partial charge in [0.2, 0.25) is 0 Å². The molecule has 0 heterocycles. The molecule has 0 aliphatic heterocycles. The molecule has 8 atom stereocenters. The predicted octanol–water partition coefficient (Wildman–Crippen LogP) is 5.38. The number of hydrogen-bond donors (Lipinski definition) is 0. The smallest absolute Gasteiger partial charge is 0.134 e. The van der Waals surface area contributed by atoms with E-state index in [2.05, 4.69) is 13.8 Å². The van der Waals surface area contributed by atoms with Crippen LogP contribution in [-0.2, 0) is 9.59 Å². The predicted molar refractivity (Wildman–Crippen MR) is 101 cm³/mol. The van der Waals surface area contributed by atoms with Gasteiger partial charge in [0.25, 0.3) is 0 Å². The number of fused-ring (bicyclic) bond motifs is 5. The van der Waals surface area contributed by atoms with Gasteiger partial charge in [-0.25, -0.2) is 0 Å². The quantitative estimate of drug-likeness (QED) is 0.568. The molecule has 0 N–H and O–H groups in total. The monoisotopic (exact) mass is 384 g/mol. The van der Waals surface area contributed by atoms with Gasteiger partial charge in [0.1, 0.15) is 11.6 Å². The SMILES string of the molecule is CC(=O)[C@H]1CC[C@H]2[C@@H]3CC(Cl)C4(Cl)CC(=O)CC[C@]4(C)[C@H]3CC[C@]12C. The minimum absolute atomic E-state index is 0.0621. The van der Waals surface area contributed by atoms with E-state index in [9.17, 15) is 9.59 Å². The summed E-state index contributed by atoms with van der Waals surface area (Å²) in [5, 5.41) is -0.150. The minimum atomic E-state index is -0.586. The molecule has 0 aromatic heterocycles. The van der Waals surface area contributed by atoms with Crippen molar-refractivity contribution >= 4 is 34.8 Å². The molecule has 0 aromatic carbocycles. The van der Waals surface area contributed by atoms with E-state index in [-0.39, 0.29) is 27.9 Å². The first-order valence-corrected chi connectivity index (χ1v) is 10.8. The number of rotatable bonds is 1. The molecule has 4 aliphatic rings. The van der Waals surface area contributed by atoms with Gasteiger partial charge >= 0.3 is 0 Å². The summed E-state index contributed by atoms with van der Waals surface area (Å²) in [6.45, 7) is 6.43. The molecule has 4 aliphatic carbocycles. The van der Waals surface area contributed by atoms with Crippen molar-refractivity contribution in [3.8, 4) is 0 Å². The number of ketones is 2. The fraction of sp³-hybridized carbons (Fsp3) is 0.905. The summed E-state index contributed by atoms with van der Waals surface area (Å²) in [7, 11) is 0. The number of Topliss-reactive ketones (excluding diaryl/α,β-unsaturated/α-hetero) is 2. The van der Waals surface area contributed by atoms with Crippen molar-refractivity contribution in [1.29, 1.82) is 0 Å². The molecule has 2 nitrogen and oxygen atoms in total. The van der Waals surface area contributed by atoms with Crippen LogP contribution in [0.3, 0.4) is 0 Å². The molecule has 0 saturated heterocycles. The molecule has 0 radical (unpaired) electrons. The van der Waals surface area contributed by atoms with E-state index in [0.29, 0.717) is 36.4 Å². The lowest BCUT2D eigenvalue weighted by Gasteiger charge is -2.64. The maximum absolute atomic E-state index is 12.2. The Balaban J connectivity index is 1.71. The van der Waals surface area contributed by atoms with Crippen molar-refractivity contribution in [2.75, 3.05) is 0 Å². The lowest BCUT2D eigenvalue weighted by Crippen LogP contribution is -2.64. The summed E-state index contributed by atoms with van der Waals surface area (Å²) in [5.41, 5.74) is 0.0736. The van der Waals surface area contributed by atoms with Crippen molar-refractivity contribution in [3.63, 3.8) is 0 Å². The summed E-state index contributed by atoms with van der Waals surface area (Å²) in [4.78, 5) is 23.8. The van der Waals surface area contributed by atoms with Gasteiger partial charge in [0.15, 0.2) is 0 Å². The van der Waals surface area contributed by atoms with Gasteiger partial charge in [-0.3, -0.25) is 9.59 Å². The summed E-state index contributed by atoms with van der Waals surface area (Å²) >= 11 is 14.0. The van der Waals surface area contributed by atoms with Crippen molar-refractivity contribution in [2.24, 2.45) is 34.5 Å². The molecule has 0 spiro atoms. The van der Waals surface area contributed by atoms with Crippen LogP contribution in [0.4, 0.5) is 0 Å². The lowest BCUT2D eigenvalue weighted by molar-refractivity contribution is -0.139. The molecule has 4 rings (SSSR count). The van der Waals surface area contributed by atoms with E-state index in [4.69, 9.17) is 23.2 Å². The van der Waals surface area contributed by atoms with Crippen molar-refractivity contribution in [3.05, 3.63) is 0 Å². The summed E-state index contributed by atoms with van der Waals surface area (Å²) in [6, 6.07) is 0. The zero-order chi connectivity index (χ0) is 18.2. The first-order valence-electron chi connectivity index (χ1n) is 9.98. The van der Waals surface area contributed by atoms with Crippen molar-refractivity contribution in [2.45, 2.75) is 82.4 Å². The topological polar surface area (TPSA) is 34.1 Å². The molecule has 0 bridgehead atoms. The second-order valence-electron chi connectivity index (χ2n) is 9.86. The normalized spacial score (nSPS) is 55.2. The van der Waals surface area contributed by atoms with Gasteiger partial charge in [-0.2, -0.15) is 0 Å². The van der Waals surface area contributed by atoms with Gasteiger partial charge in [0, 0.05) is 18.8 Å². The van der Waals surface area contributed by atoms with Crippen LogP contribution in [0, 0.1) is 34.5 Å². The highest BCUT2D eigenvalue weighted by molar-refractivity contribution is 6.34. The second kappa shape index (κ2) is 5.71. The van der Waals surface area contributed by atoms with E-state index >= 15 is 0 Å². The molecule has 0 amide bonds. The van der Waals surface area contributed by atoms with Gasteiger partial charge in [-0.15, -0.1) is 23.2 Å². The number of alkyl halides is 2. The Morgan fingerprint density at radius 2 is 1.84 bits per heavy atom. The highest BCUT2D eigenvalue weighted by atomic mass is 35.5. The number of carbonyl (C=O) groups is 2. The number of hydrogen-bond acceptors (Lipinski definition) is 2. The van der Waals surface area contributed by atoms with Crippen molar-refractivity contribution < 1.29 is 9.59 Å². The van der Waals surface area contributed by atoms with Crippen LogP contribution in [0.2, 0.25) is 0 Å². The minimum Gasteiger partial charge on any atom is -0.300 e. The highest BCUT2D eigenvalue weighted by Gasteiger charge is 2.67. The van der Waals surface area contributed by atoms with Gasteiger partial charge < -0.3 is 0 Å². The lowest BCUT2D eigenvalue weighted by atomic mass is 9.44. The average Bonchev–Trinajstić information content (AvgIpc) is 2.88. The van der Waals surface area contributed by atoms with Crippen LogP contribution in [0.25, 0.3) is 0 Å². The standard InChI is InChI=1S/C21H30Cl2O2/c1-12(24)15-4-5-16-14-10-18(22)21(23)11-13(25)6-9-20(21,3)17(14)7-8-19(15,16)2/h14-18H,4-11H2,1-3H3/t14-,15+,16-,17-,18?,19+,20+,21?/m0/s1. The molecule has 0 aromatic rings. The zero-order valence-corrected chi connectivity index (χ0v) is 17.1. The number of halogens is 2. The van der Waals surface area contributed by atoms with Crippen LogP contribution < -0.4 is 0 Å². The van der Waals surface area contributed by atoms with Crippen LogP contribution in [0.15, 0.2) is 0 Å². The Bertz CT molecular complexity index is 619. The molecule has 4 fully saturated rings. The Kier molecular flexibility index (Phi) is 4.18. The summed E-state index contributed by atoms with van der Waals surface area (Å²) < 4.78 is 0. The van der Waals surface area contributed by atoms with E-state index in [1.54, 1.807) is 6.92 Å². The molecular formula is C21H30Cl2O2. The molecule has 4 saturated carbocycles. The van der Waals surface area contributed by atoms with Gasteiger partial charge in [-0.1, -0.05) is 13.8 Å². The Labute approximate surface area is 161 Å². The molecule has 2 unspecified atom stereocenters. The fourth-order valence-corrected chi connectivity index (χ4v) is 8.65. The highest BCUT2D eigenvalue weighted by Crippen LogP contribution is 2.70.